The van der Waals surface area contributed by atoms with Crippen molar-refractivity contribution in [2.45, 2.75) is 24.8 Å². The first-order chi connectivity index (χ1) is 15.6. The number of nitrogens with one attached hydrogen (secondary N) is 2. The highest BCUT2D eigenvalue weighted by Gasteiger charge is 2.54. The molecule has 0 aromatic carbocycles. The van der Waals surface area contributed by atoms with Crippen LogP contribution in [0.4, 0.5) is 0 Å². The van der Waals surface area contributed by atoms with Gasteiger partial charge in [-0.05, 0) is 4.53 Å². The van der Waals surface area contributed by atoms with Gasteiger partial charge in [0.25, 0.3) is 5.91 Å². The normalized spacial score (nSPS) is 24.3. The molecule has 0 aromatic heterocycles. The quantitative estimate of drug-likeness (QED) is 0.113. The number of β-lactam (4-membered cyclic amide) rings is 1. The average Bonchev–Trinajstić information content (AvgIpc) is 3.08. The summed E-state index contributed by atoms with van der Waals surface area (Å²) in [5, 5.41) is 26.2. The fraction of sp³-hybridized carbons (Fsp3) is 0.375. The van der Waals surface area contributed by atoms with Crippen LogP contribution in [-0.4, -0.2) is 79.7 Å². The Kier molecular flexibility index (Phi) is 7.22. The van der Waals surface area contributed by atoms with Gasteiger partial charge >= 0.3 is 11.9 Å². The van der Waals surface area contributed by atoms with Gasteiger partial charge in [0.05, 0.1) is 18.4 Å². The highest BCUT2D eigenvalue weighted by atomic mass is 32.2. The summed E-state index contributed by atoms with van der Waals surface area (Å²) in [6.07, 6.45) is 0.984. The second kappa shape index (κ2) is 9.90. The van der Waals surface area contributed by atoms with Crippen LogP contribution in [-0.2, 0) is 34.7 Å². The number of carbonyl (C=O) groups is 4. The molecule has 15 nitrogen and oxygen atoms in total. The maximum absolute atomic E-state index is 12.6. The number of nitrogens with zero attached hydrogens (tertiary/aromatic N) is 5. The fourth-order valence-electron chi connectivity index (χ4n) is 3.02. The van der Waals surface area contributed by atoms with E-state index in [0.717, 1.165) is 11.1 Å². The van der Waals surface area contributed by atoms with Gasteiger partial charge in [0.2, 0.25) is 11.9 Å². The molecule has 3 atom stereocenters. The number of hydrogen-bond donors (Lipinski definition) is 5. The van der Waals surface area contributed by atoms with Crippen LogP contribution in [0.1, 0.15) is 13.3 Å². The fourth-order valence-corrected chi connectivity index (χ4v) is 5.49. The van der Waals surface area contributed by atoms with Crippen LogP contribution in [0.5, 0.6) is 0 Å². The molecule has 0 radical (unpaired) electrons. The first kappa shape index (κ1) is 24.1. The van der Waals surface area contributed by atoms with Crippen LogP contribution < -0.4 is 16.8 Å². The first-order valence-electron chi connectivity index (χ1n) is 9.15. The van der Waals surface area contributed by atoms with E-state index in [-0.39, 0.29) is 40.3 Å². The molecule has 3 aliphatic heterocycles. The molecule has 1 fully saturated rings. The third kappa shape index (κ3) is 5.43. The van der Waals surface area contributed by atoms with Crippen LogP contribution in [0.2, 0.25) is 0 Å². The van der Waals surface area contributed by atoms with Gasteiger partial charge in [-0.25, -0.2) is 14.6 Å². The van der Waals surface area contributed by atoms with Crippen molar-refractivity contribution in [3.05, 3.63) is 11.3 Å². The summed E-state index contributed by atoms with van der Waals surface area (Å²) in [7, 11) is -1.08. The van der Waals surface area contributed by atoms with E-state index in [4.69, 9.17) is 16.9 Å². The third-order valence-corrected chi connectivity index (χ3v) is 7.01. The molecule has 2 amide bonds. The molecule has 0 aliphatic carbocycles. The molecule has 17 heteroatoms. The number of fused-ring (bicyclic) bond motifs is 1. The van der Waals surface area contributed by atoms with E-state index in [1.807, 2.05) is 0 Å². The summed E-state index contributed by atoms with van der Waals surface area (Å²) in [5.74, 6) is -2.99. The van der Waals surface area contributed by atoms with E-state index in [9.17, 15) is 24.3 Å². The molecule has 1 saturated heterocycles. The minimum absolute atomic E-state index is 0.112. The highest BCUT2D eigenvalue weighted by molar-refractivity contribution is 8.03. The number of aliphatic imine (C=N–C) groups is 1. The number of carboxylic acids is 1. The lowest BCUT2D eigenvalue weighted by molar-refractivity contribution is -0.150. The highest BCUT2D eigenvalue weighted by Crippen LogP contribution is 2.39. The lowest BCUT2D eigenvalue weighted by atomic mass is 10.0. The van der Waals surface area contributed by atoms with Gasteiger partial charge in [-0.1, -0.05) is 0 Å². The molecule has 176 valence electrons. The van der Waals surface area contributed by atoms with Gasteiger partial charge in [0, 0.05) is 34.7 Å². The molecule has 3 rings (SSSR count). The van der Waals surface area contributed by atoms with Crippen molar-refractivity contribution in [3.8, 4) is 0 Å². The maximum Gasteiger partial charge on any atom is 0.353 e. The number of amides is 2. The summed E-state index contributed by atoms with van der Waals surface area (Å²) >= 11 is 1.25. The van der Waals surface area contributed by atoms with Crippen molar-refractivity contribution in [2.75, 3.05) is 11.5 Å². The number of nitrogens with two attached hydrogens (primary N) is 2. The minimum atomic E-state index is -1.33. The molecule has 7 N–H and O–H groups in total. The van der Waals surface area contributed by atoms with E-state index < -0.39 is 45.9 Å². The molecule has 0 bridgehead atoms. The summed E-state index contributed by atoms with van der Waals surface area (Å²) < 4.78 is 3.63. The summed E-state index contributed by atoms with van der Waals surface area (Å²) in [6, 6.07) is -0.918. The van der Waals surface area contributed by atoms with E-state index in [1.165, 1.54) is 18.7 Å². The number of guanidine groups is 1. The zero-order valence-corrected chi connectivity index (χ0v) is 18.7. The topological polar surface area (TPSA) is 238 Å². The van der Waals surface area contributed by atoms with Crippen LogP contribution >= 0.6 is 11.8 Å². The molecule has 1 unspecified atom stereocenters. The van der Waals surface area contributed by atoms with Gasteiger partial charge in [-0.3, -0.25) is 19.9 Å². The Morgan fingerprint density at radius 2 is 2.18 bits per heavy atom. The second-order valence-corrected chi connectivity index (χ2v) is 9.39. The van der Waals surface area contributed by atoms with Crippen LogP contribution in [0, 0.1) is 5.41 Å². The number of rotatable bonds is 7. The van der Waals surface area contributed by atoms with Crippen molar-refractivity contribution >= 4 is 69.3 Å². The lowest BCUT2D eigenvalue weighted by Crippen LogP contribution is -2.70. The van der Waals surface area contributed by atoms with E-state index >= 15 is 0 Å². The second-order valence-electron chi connectivity index (χ2n) is 6.73. The molecule has 0 spiro atoms. The lowest BCUT2D eigenvalue weighted by Gasteiger charge is -2.49. The van der Waals surface area contributed by atoms with Crippen molar-refractivity contribution in [1.82, 2.24) is 10.2 Å². The Morgan fingerprint density at radius 1 is 1.45 bits per heavy atom. The van der Waals surface area contributed by atoms with E-state index in [2.05, 4.69) is 29.9 Å². The molecule has 3 heterocycles. The zero-order valence-electron chi connectivity index (χ0n) is 17.0. The summed E-state index contributed by atoms with van der Waals surface area (Å²) in [4.78, 5) is 57.2. The van der Waals surface area contributed by atoms with E-state index in [1.54, 1.807) is 0 Å². The van der Waals surface area contributed by atoms with Crippen molar-refractivity contribution in [3.63, 3.8) is 0 Å². The third-order valence-electron chi connectivity index (χ3n) is 4.31. The Balaban J connectivity index is 1.64. The summed E-state index contributed by atoms with van der Waals surface area (Å²) in [5.41, 5.74) is 10.7. The Morgan fingerprint density at radius 3 is 2.82 bits per heavy atom. The predicted molar refractivity (Wildman–Crippen MR) is 120 cm³/mol. The SMILES string of the molecule is CC(=O)ON=S1CC(CC(=O)N[C@@H]2C(=O)N3C(C(=O)O)=C(C=NN=C(N)N)CS[C@H]23)=NC1=N. The Bertz CT molecular complexity index is 1090. The zero-order chi connectivity index (χ0) is 24.3. The van der Waals surface area contributed by atoms with Crippen LogP contribution in [0.15, 0.2) is 31.0 Å². The smallest absolute Gasteiger partial charge is 0.353 e. The largest absolute Gasteiger partial charge is 0.477 e. The number of carbonyl (C=O) groups excluding carboxylic acids is 3. The Hall–Kier alpha value is -3.60. The maximum atomic E-state index is 12.6. The number of aliphatic carboxylic acids is 1. The van der Waals surface area contributed by atoms with Gasteiger partial charge in [-0.2, -0.15) is 5.10 Å². The van der Waals surface area contributed by atoms with E-state index in [0.29, 0.717) is 5.71 Å². The summed E-state index contributed by atoms with van der Waals surface area (Å²) in [6.45, 7) is 1.18. The number of carboxylic acid groups (broad SMARTS) is 1. The van der Waals surface area contributed by atoms with Crippen LogP contribution in [0.25, 0.3) is 0 Å². The molecular weight excluding hydrogens is 478 g/mol. The number of thioether (sulfide) groups is 1. The minimum Gasteiger partial charge on any atom is -0.477 e. The van der Waals surface area contributed by atoms with Gasteiger partial charge in [-0.15, -0.1) is 16.9 Å². The first-order valence-corrected chi connectivity index (χ1v) is 11.6. The molecular formula is C16H19N9O6S2. The molecule has 0 aromatic rings. The van der Waals surface area contributed by atoms with Crippen molar-refractivity contribution in [2.24, 2.45) is 31.2 Å². The monoisotopic (exact) mass is 497 g/mol. The average molecular weight is 498 g/mol. The molecule has 0 saturated carbocycles. The Labute approximate surface area is 192 Å². The van der Waals surface area contributed by atoms with Crippen molar-refractivity contribution in [1.29, 1.82) is 5.41 Å². The number of hydrogen-bond acceptors (Lipinski definition) is 10. The van der Waals surface area contributed by atoms with Crippen LogP contribution in [0.3, 0.4) is 0 Å². The molecule has 33 heavy (non-hydrogen) atoms. The predicted octanol–water partition coefficient (Wildman–Crippen LogP) is -1.96. The van der Waals surface area contributed by atoms with Gasteiger partial charge < -0.3 is 26.7 Å². The standard InChI is InChI=1S/C16H19N9O6S2/c1-6(26)31-24-33-5-8(21-16(33)19)2-9(27)22-10-12(28)25-11(14(29)30)7(4-32-13(10)25)3-20-23-15(17)18/h3,10,13,19H,2,4-5H2,1H3,(H,22,27)(H,29,30)(H4,17,18,23)/t10-,13-,33?/m1/s1. The van der Waals surface area contributed by atoms with Gasteiger partial charge in [0.1, 0.15) is 17.1 Å². The molecule has 3 aliphatic rings. The number of amidine groups is 1. The van der Waals surface area contributed by atoms with Crippen molar-refractivity contribution < 1.29 is 29.1 Å². The van der Waals surface area contributed by atoms with Gasteiger partial charge in [0.15, 0.2) is 5.17 Å².